The maximum absolute atomic E-state index is 6.21. The number of hydrogen-bond acceptors (Lipinski definition) is 4. The Morgan fingerprint density at radius 1 is 1.15 bits per heavy atom. The second-order valence-corrected chi connectivity index (χ2v) is 6.61. The quantitative estimate of drug-likeness (QED) is 0.545. The Hall–Kier alpha value is -2.43. The highest BCUT2D eigenvalue weighted by atomic mass is 35.5. The third-order valence-electron chi connectivity index (χ3n) is 4.30. The smallest absolute Gasteiger partial charge is 0.230 e. The van der Waals surface area contributed by atoms with Gasteiger partial charge in [-0.05, 0) is 24.6 Å². The maximum atomic E-state index is 6.21. The molecular weight excluding hydrogens is 348 g/mol. The second-order valence-electron chi connectivity index (χ2n) is 6.18. The van der Waals surface area contributed by atoms with Gasteiger partial charge in [0.1, 0.15) is 5.75 Å². The summed E-state index contributed by atoms with van der Waals surface area (Å²) >= 11 is 6.21. The van der Waals surface area contributed by atoms with E-state index in [0.717, 1.165) is 41.0 Å². The first-order valence-corrected chi connectivity index (χ1v) is 9.14. The molecule has 1 atom stereocenters. The van der Waals surface area contributed by atoms with Gasteiger partial charge in [-0.3, -0.25) is 0 Å². The van der Waals surface area contributed by atoms with Gasteiger partial charge in [0.2, 0.25) is 6.29 Å². The van der Waals surface area contributed by atoms with Gasteiger partial charge < -0.3 is 9.47 Å². The van der Waals surface area contributed by atoms with Crippen molar-refractivity contribution in [3.63, 3.8) is 0 Å². The fraction of sp³-hybridized carbons (Fsp3) is 0.238. The van der Waals surface area contributed by atoms with Gasteiger partial charge in [0.25, 0.3) is 0 Å². The van der Waals surface area contributed by atoms with Crippen molar-refractivity contribution in [2.75, 3.05) is 6.61 Å². The van der Waals surface area contributed by atoms with E-state index < -0.39 is 6.29 Å². The van der Waals surface area contributed by atoms with Gasteiger partial charge in [-0.15, -0.1) is 0 Å². The van der Waals surface area contributed by atoms with Crippen molar-refractivity contribution >= 4 is 11.6 Å². The summed E-state index contributed by atoms with van der Waals surface area (Å²) in [5.41, 5.74) is 3.47. The van der Waals surface area contributed by atoms with Gasteiger partial charge >= 0.3 is 0 Å². The summed E-state index contributed by atoms with van der Waals surface area (Å²) in [5.74, 6) is 1.39. The van der Waals surface area contributed by atoms with Crippen LogP contribution in [0.15, 0.2) is 54.7 Å². The predicted octanol–water partition coefficient (Wildman–Crippen LogP) is 5.67. The largest absolute Gasteiger partial charge is 0.460 e. The highest BCUT2D eigenvalue weighted by molar-refractivity contribution is 6.31. The molecule has 0 fully saturated rings. The number of halogens is 1. The number of unbranched alkanes of at least 4 members (excludes halogenated alkanes) is 1. The molecule has 2 aromatic carbocycles. The molecule has 1 aliphatic rings. The highest BCUT2D eigenvalue weighted by Gasteiger charge is 2.29. The highest BCUT2D eigenvalue weighted by Crippen LogP contribution is 2.43. The minimum atomic E-state index is -0.505. The maximum Gasteiger partial charge on any atom is 0.230 e. The first-order chi connectivity index (χ1) is 12.8. The van der Waals surface area contributed by atoms with Gasteiger partial charge in [0.05, 0.1) is 17.9 Å². The molecule has 0 amide bonds. The fourth-order valence-corrected chi connectivity index (χ4v) is 3.11. The molecule has 1 unspecified atom stereocenters. The van der Waals surface area contributed by atoms with Crippen molar-refractivity contribution in [3.8, 4) is 28.4 Å². The van der Waals surface area contributed by atoms with E-state index in [1.54, 1.807) is 6.20 Å². The van der Waals surface area contributed by atoms with Crippen molar-refractivity contribution in [2.24, 2.45) is 0 Å². The van der Waals surface area contributed by atoms with Crippen molar-refractivity contribution < 1.29 is 9.47 Å². The van der Waals surface area contributed by atoms with E-state index >= 15 is 0 Å². The molecule has 1 aromatic heterocycles. The lowest BCUT2D eigenvalue weighted by Crippen LogP contribution is -2.19. The lowest BCUT2D eigenvalue weighted by molar-refractivity contribution is -0.0861. The van der Waals surface area contributed by atoms with Gasteiger partial charge in [-0.1, -0.05) is 55.3 Å². The van der Waals surface area contributed by atoms with Crippen LogP contribution in [-0.2, 0) is 4.74 Å². The van der Waals surface area contributed by atoms with E-state index in [4.69, 9.17) is 26.1 Å². The first kappa shape index (κ1) is 17.0. The van der Waals surface area contributed by atoms with Crippen LogP contribution in [-0.4, -0.2) is 16.6 Å². The topological polar surface area (TPSA) is 44.2 Å². The Morgan fingerprint density at radius 2 is 2.00 bits per heavy atom. The molecule has 0 N–H and O–H groups in total. The summed E-state index contributed by atoms with van der Waals surface area (Å²) < 4.78 is 12.0. The lowest BCUT2D eigenvalue weighted by Gasteiger charge is -2.28. The molecule has 0 saturated heterocycles. The van der Waals surface area contributed by atoms with Crippen LogP contribution in [0, 0.1) is 0 Å². The first-order valence-electron chi connectivity index (χ1n) is 8.77. The zero-order valence-electron chi connectivity index (χ0n) is 14.5. The Morgan fingerprint density at radius 3 is 2.81 bits per heavy atom. The Kier molecular flexibility index (Phi) is 4.87. The van der Waals surface area contributed by atoms with Crippen molar-refractivity contribution in [3.05, 3.63) is 65.3 Å². The zero-order valence-corrected chi connectivity index (χ0v) is 15.2. The molecular formula is C21H19ClN2O2. The predicted molar refractivity (Wildman–Crippen MR) is 102 cm³/mol. The summed E-state index contributed by atoms with van der Waals surface area (Å²) in [6.45, 7) is 2.76. The van der Waals surface area contributed by atoms with Crippen LogP contribution in [0.1, 0.15) is 31.6 Å². The number of hydrogen-bond donors (Lipinski definition) is 0. The Balaban J connectivity index is 1.79. The van der Waals surface area contributed by atoms with Crippen molar-refractivity contribution in [2.45, 2.75) is 26.1 Å². The second kappa shape index (κ2) is 7.44. The molecule has 0 saturated carbocycles. The van der Waals surface area contributed by atoms with E-state index in [0.29, 0.717) is 17.5 Å². The minimum Gasteiger partial charge on any atom is -0.460 e. The third-order valence-corrected chi connectivity index (χ3v) is 4.54. The van der Waals surface area contributed by atoms with Crippen molar-refractivity contribution in [1.29, 1.82) is 0 Å². The molecule has 26 heavy (non-hydrogen) atoms. The van der Waals surface area contributed by atoms with Crippen molar-refractivity contribution in [1.82, 2.24) is 9.97 Å². The molecule has 4 rings (SSSR count). The SMILES string of the molecule is CCCCOC1Oc2ccc(Cl)cc2-c2nc(-c3ccccc3)ncc21. The molecule has 1 aliphatic heterocycles. The molecule has 0 aliphatic carbocycles. The molecule has 5 heteroatoms. The number of aromatic nitrogens is 2. The summed E-state index contributed by atoms with van der Waals surface area (Å²) in [6, 6.07) is 15.5. The van der Waals surface area contributed by atoms with Crippen LogP contribution < -0.4 is 4.74 Å². The lowest BCUT2D eigenvalue weighted by atomic mass is 10.0. The Labute approximate surface area is 157 Å². The van der Waals surface area contributed by atoms with Crippen LogP contribution in [0.3, 0.4) is 0 Å². The van der Waals surface area contributed by atoms with Gasteiger partial charge in [-0.25, -0.2) is 9.97 Å². The van der Waals surface area contributed by atoms with E-state index in [1.807, 2.05) is 48.5 Å². The molecule has 3 aromatic rings. The molecule has 4 nitrogen and oxygen atoms in total. The van der Waals surface area contributed by atoms with E-state index in [-0.39, 0.29) is 0 Å². The molecule has 132 valence electrons. The normalized spacial score (nSPS) is 15.1. The number of benzene rings is 2. The van der Waals surface area contributed by atoms with E-state index in [2.05, 4.69) is 11.9 Å². The summed E-state index contributed by atoms with van der Waals surface area (Å²) in [6.07, 6.45) is 3.33. The molecule has 2 heterocycles. The summed E-state index contributed by atoms with van der Waals surface area (Å²) in [4.78, 5) is 9.35. The molecule has 0 radical (unpaired) electrons. The number of nitrogens with zero attached hydrogens (tertiary/aromatic N) is 2. The summed E-state index contributed by atoms with van der Waals surface area (Å²) in [7, 11) is 0. The van der Waals surface area contributed by atoms with Crippen LogP contribution >= 0.6 is 11.6 Å². The summed E-state index contributed by atoms with van der Waals surface area (Å²) in [5, 5.41) is 0.642. The van der Waals surface area contributed by atoms with E-state index in [9.17, 15) is 0 Å². The van der Waals surface area contributed by atoms with Gasteiger partial charge in [0.15, 0.2) is 5.82 Å². The standard InChI is InChI=1S/C21H19ClN2O2/c1-2-3-11-25-21-17-13-23-20(14-7-5-4-6-8-14)24-19(17)16-12-15(22)9-10-18(16)26-21/h4-10,12-13,21H,2-3,11H2,1H3. The average molecular weight is 367 g/mol. The molecule has 0 spiro atoms. The van der Waals surface area contributed by atoms with Crippen LogP contribution in [0.4, 0.5) is 0 Å². The van der Waals surface area contributed by atoms with Gasteiger partial charge in [0, 0.05) is 22.3 Å². The number of ether oxygens (including phenoxy) is 2. The molecule has 0 bridgehead atoms. The van der Waals surface area contributed by atoms with Crippen LogP contribution in [0.2, 0.25) is 5.02 Å². The number of fused-ring (bicyclic) bond motifs is 3. The zero-order chi connectivity index (χ0) is 17.9. The third kappa shape index (κ3) is 3.30. The van der Waals surface area contributed by atoms with Crippen LogP contribution in [0.25, 0.3) is 22.6 Å². The fourth-order valence-electron chi connectivity index (χ4n) is 2.93. The Bertz CT molecular complexity index is 915. The van der Waals surface area contributed by atoms with Crippen LogP contribution in [0.5, 0.6) is 5.75 Å². The minimum absolute atomic E-state index is 0.505. The van der Waals surface area contributed by atoms with E-state index in [1.165, 1.54) is 0 Å². The monoisotopic (exact) mass is 366 g/mol. The number of rotatable bonds is 5. The average Bonchev–Trinajstić information content (AvgIpc) is 2.69. The van der Waals surface area contributed by atoms with Gasteiger partial charge in [-0.2, -0.15) is 0 Å².